The maximum Gasteiger partial charge on any atom is 0.123 e. The van der Waals surface area contributed by atoms with Gasteiger partial charge in [0.2, 0.25) is 0 Å². The molecular formula is C13H20ClNOS. The lowest BCUT2D eigenvalue weighted by atomic mass is 10.2. The summed E-state index contributed by atoms with van der Waals surface area (Å²) < 4.78 is 5.74. The number of rotatable bonds is 8. The number of thioether (sulfide) groups is 1. The number of hydrogen-bond donors (Lipinski definition) is 1. The van der Waals surface area contributed by atoms with Crippen LogP contribution >= 0.6 is 23.4 Å². The second-order valence-electron chi connectivity index (χ2n) is 3.77. The van der Waals surface area contributed by atoms with Crippen molar-refractivity contribution in [2.45, 2.75) is 19.9 Å². The molecule has 0 aliphatic carbocycles. The zero-order valence-corrected chi connectivity index (χ0v) is 12.0. The highest BCUT2D eigenvalue weighted by atomic mass is 35.5. The van der Waals surface area contributed by atoms with Crippen LogP contribution in [-0.4, -0.2) is 25.2 Å². The standard InChI is InChI=1S/C13H20ClNOS/c1-3-6-15-10-11-9-12(14)4-5-13(11)16-7-8-17-2/h4-5,9,15H,3,6-8,10H2,1-2H3. The molecule has 0 aliphatic rings. The maximum absolute atomic E-state index is 6.00. The Bertz CT molecular complexity index is 333. The third-order valence-corrected chi connectivity index (χ3v) is 3.12. The Balaban J connectivity index is 2.59. The highest BCUT2D eigenvalue weighted by Crippen LogP contribution is 2.23. The normalized spacial score (nSPS) is 10.5. The van der Waals surface area contributed by atoms with Crippen LogP contribution < -0.4 is 10.1 Å². The smallest absolute Gasteiger partial charge is 0.123 e. The van der Waals surface area contributed by atoms with Gasteiger partial charge in [-0.3, -0.25) is 0 Å². The number of ether oxygens (including phenoxy) is 1. The molecule has 96 valence electrons. The first-order valence-corrected chi connectivity index (χ1v) is 7.66. The summed E-state index contributed by atoms with van der Waals surface area (Å²) in [7, 11) is 0. The monoisotopic (exact) mass is 273 g/mol. The number of halogens is 1. The summed E-state index contributed by atoms with van der Waals surface area (Å²) >= 11 is 7.79. The second-order valence-corrected chi connectivity index (χ2v) is 5.19. The van der Waals surface area contributed by atoms with Crippen molar-refractivity contribution in [3.63, 3.8) is 0 Å². The zero-order valence-electron chi connectivity index (χ0n) is 10.5. The van der Waals surface area contributed by atoms with E-state index >= 15 is 0 Å². The van der Waals surface area contributed by atoms with Crippen LogP contribution in [0.4, 0.5) is 0 Å². The predicted octanol–water partition coefficient (Wildman–Crippen LogP) is 3.58. The summed E-state index contributed by atoms with van der Waals surface area (Å²) in [5, 5.41) is 4.13. The molecule has 1 N–H and O–H groups in total. The summed E-state index contributed by atoms with van der Waals surface area (Å²) in [6.07, 6.45) is 3.21. The predicted molar refractivity (Wildman–Crippen MR) is 77.3 cm³/mol. The van der Waals surface area contributed by atoms with Gasteiger partial charge in [0.05, 0.1) is 6.61 Å². The molecule has 1 aromatic rings. The van der Waals surface area contributed by atoms with E-state index in [-0.39, 0.29) is 0 Å². The van der Waals surface area contributed by atoms with Crippen LogP contribution in [0.25, 0.3) is 0 Å². The fourth-order valence-corrected chi connectivity index (χ4v) is 1.91. The topological polar surface area (TPSA) is 21.3 Å². The van der Waals surface area contributed by atoms with Gasteiger partial charge in [0, 0.05) is 22.9 Å². The molecule has 0 saturated heterocycles. The number of hydrogen-bond acceptors (Lipinski definition) is 3. The Kier molecular flexibility index (Phi) is 7.49. The van der Waals surface area contributed by atoms with Gasteiger partial charge >= 0.3 is 0 Å². The van der Waals surface area contributed by atoms with E-state index < -0.39 is 0 Å². The van der Waals surface area contributed by atoms with Crippen molar-refractivity contribution in [2.24, 2.45) is 0 Å². The Labute approximate surface area is 113 Å². The van der Waals surface area contributed by atoms with Gasteiger partial charge in [-0.05, 0) is 37.4 Å². The van der Waals surface area contributed by atoms with Crippen molar-refractivity contribution in [1.29, 1.82) is 0 Å². The minimum absolute atomic E-state index is 0.740. The summed E-state index contributed by atoms with van der Waals surface area (Å²) in [5.41, 5.74) is 1.13. The Morgan fingerprint density at radius 2 is 2.24 bits per heavy atom. The lowest BCUT2D eigenvalue weighted by Gasteiger charge is -2.12. The van der Waals surface area contributed by atoms with Gasteiger partial charge in [-0.2, -0.15) is 11.8 Å². The quantitative estimate of drug-likeness (QED) is 0.732. The first kappa shape index (κ1) is 14.7. The molecule has 0 saturated carbocycles. The molecule has 1 aromatic carbocycles. The Morgan fingerprint density at radius 3 is 2.94 bits per heavy atom. The van der Waals surface area contributed by atoms with Gasteiger partial charge in [0.15, 0.2) is 0 Å². The van der Waals surface area contributed by atoms with E-state index in [1.54, 1.807) is 11.8 Å². The van der Waals surface area contributed by atoms with Gasteiger partial charge in [-0.1, -0.05) is 18.5 Å². The van der Waals surface area contributed by atoms with Crippen LogP contribution in [0.1, 0.15) is 18.9 Å². The summed E-state index contributed by atoms with van der Waals surface area (Å²) in [5.74, 6) is 1.94. The summed E-state index contributed by atoms with van der Waals surface area (Å²) in [6.45, 7) is 4.71. The highest BCUT2D eigenvalue weighted by Gasteiger charge is 2.04. The molecule has 1 rings (SSSR count). The van der Waals surface area contributed by atoms with Crippen molar-refractivity contribution in [1.82, 2.24) is 5.32 Å². The Hall–Kier alpha value is -0.380. The third kappa shape index (κ3) is 5.66. The lowest BCUT2D eigenvalue weighted by Crippen LogP contribution is -2.15. The Morgan fingerprint density at radius 1 is 1.41 bits per heavy atom. The molecule has 2 nitrogen and oxygen atoms in total. The molecule has 0 fully saturated rings. The molecule has 0 aromatic heterocycles. The molecule has 4 heteroatoms. The van der Waals surface area contributed by atoms with Crippen molar-refractivity contribution in [3.8, 4) is 5.75 Å². The molecule has 0 aliphatic heterocycles. The van der Waals surface area contributed by atoms with Gasteiger partial charge in [0.25, 0.3) is 0 Å². The van der Waals surface area contributed by atoms with E-state index in [1.807, 2.05) is 18.2 Å². The van der Waals surface area contributed by atoms with E-state index in [4.69, 9.17) is 16.3 Å². The largest absolute Gasteiger partial charge is 0.492 e. The molecule has 0 heterocycles. The van der Waals surface area contributed by atoms with Crippen LogP contribution in [0, 0.1) is 0 Å². The maximum atomic E-state index is 6.00. The van der Waals surface area contributed by atoms with Crippen LogP contribution in [0.15, 0.2) is 18.2 Å². The van der Waals surface area contributed by atoms with E-state index in [1.165, 1.54) is 0 Å². The minimum Gasteiger partial charge on any atom is -0.492 e. The molecule has 0 atom stereocenters. The van der Waals surface area contributed by atoms with Crippen molar-refractivity contribution < 1.29 is 4.74 Å². The molecule has 0 bridgehead atoms. The molecular weight excluding hydrogens is 254 g/mol. The van der Waals surface area contributed by atoms with Crippen LogP contribution in [0.3, 0.4) is 0 Å². The van der Waals surface area contributed by atoms with Crippen LogP contribution in [0.2, 0.25) is 5.02 Å². The lowest BCUT2D eigenvalue weighted by molar-refractivity contribution is 0.339. The van der Waals surface area contributed by atoms with Crippen LogP contribution in [-0.2, 0) is 6.54 Å². The van der Waals surface area contributed by atoms with E-state index in [0.717, 1.165) is 48.2 Å². The molecule has 17 heavy (non-hydrogen) atoms. The first-order chi connectivity index (χ1) is 8.27. The average molecular weight is 274 g/mol. The number of benzene rings is 1. The van der Waals surface area contributed by atoms with Gasteiger partial charge in [-0.15, -0.1) is 0 Å². The van der Waals surface area contributed by atoms with Crippen molar-refractivity contribution >= 4 is 23.4 Å². The fraction of sp³-hybridized carbons (Fsp3) is 0.538. The summed E-state index contributed by atoms with van der Waals surface area (Å²) in [6, 6.07) is 5.80. The first-order valence-electron chi connectivity index (χ1n) is 5.88. The average Bonchev–Trinajstić information content (AvgIpc) is 2.32. The minimum atomic E-state index is 0.740. The zero-order chi connectivity index (χ0) is 12.5. The molecule has 0 radical (unpaired) electrons. The fourth-order valence-electron chi connectivity index (χ4n) is 1.46. The van der Waals surface area contributed by atoms with Crippen LogP contribution in [0.5, 0.6) is 5.75 Å². The molecule has 0 spiro atoms. The number of nitrogens with one attached hydrogen (secondary N) is 1. The van der Waals surface area contributed by atoms with E-state index in [0.29, 0.717) is 0 Å². The van der Waals surface area contributed by atoms with Gasteiger partial charge in [0.1, 0.15) is 5.75 Å². The van der Waals surface area contributed by atoms with E-state index in [9.17, 15) is 0 Å². The van der Waals surface area contributed by atoms with Gasteiger partial charge in [-0.25, -0.2) is 0 Å². The molecule has 0 unspecified atom stereocenters. The third-order valence-electron chi connectivity index (χ3n) is 2.31. The molecule has 0 amide bonds. The van der Waals surface area contributed by atoms with Crippen molar-refractivity contribution in [3.05, 3.63) is 28.8 Å². The van der Waals surface area contributed by atoms with Crippen molar-refractivity contribution in [2.75, 3.05) is 25.2 Å². The SMILES string of the molecule is CCCNCc1cc(Cl)ccc1OCCSC. The second kappa shape index (κ2) is 8.67. The van der Waals surface area contributed by atoms with E-state index in [2.05, 4.69) is 18.5 Å². The highest BCUT2D eigenvalue weighted by molar-refractivity contribution is 7.98. The summed E-state index contributed by atoms with van der Waals surface area (Å²) in [4.78, 5) is 0. The van der Waals surface area contributed by atoms with Gasteiger partial charge < -0.3 is 10.1 Å².